The predicted octanol–water partition coefficient (Wildman–Crippen LogP) is 5.08. The second-order valence-electron chi connectivity index (χ2n) is 7.69. The topological polar surface area (TPSA) is 70.6 Å². The van der Waals surface area contributed by atoms with Crippen LogP contribution in [-0.4, -0.2) is 34.6 Å². The summed E-state index contributed by atoms with van der Waals surface area (Å²) >= 11 is 1.39. The highest BCUT2D eigenvalue weighted by Gasteiger charge is 2.30. The van der Waals surface area contributed by atoms with E-state index in [1.807, 2.05) is 62.4 Å². The fourth-order valence-electron chi connectivity index (χ4n) is 3.83. The Morgan fingerprint density at radius 3 is 2.55 bits per heavy atom. The van der Waals surface area contributed by atoms with E-state index in [2.05, 4.69) is 21.7 Å². The first kappa shape index (κ1) is 22.4. The van der Waals surface area contributed by atoms with Gasteiger partial charge >= 0.3 is 0 Å². The van der Waals surface area contributed by atoms with Gasteiger partial charge in [0.25, 0.3) is 5.91 Å². The van der Waals surface area contributed by atoms with Crippen LogP contribution in [0.1, 0.15) is 28.1 Å². The fraction of sp³-hybridized carbons (Fsp3) is 0.192. The number of amidine groups is 1. The van der Waals surface area contributed by atoms with Crippen LogP contribution in [0, 0.1) is 25.2 Å². The molecule has 33 heavy (non-hydrogen) atoms. The van der Waals surface area contributed by atoms with Crippen molar-refractivity contribution in [3.8, 4) is 17.5 Å². The van der Waals surface area contributed by atoms with Crippen molar-refractivity contribution in [3.63, 3.8) is 0 Å². The average molecular weight is 457 g/mol. The second-order valence-corrected chi connectivity index (χ2v) is 8.70. The minimum Gasteiger partial charge on any atom is -0.489 e. The molecule has 0 saturated carbocycles. The molecule has 1 aliphatic rings. The Labute approximate surface area is 197 Å². The van der Waals surface area contributed by atoms with Crippen molar-refractivity contribution in [3.05, 3.63) is 87.6 Å². The number of thioether (sulfide) groups is 1. The average Bonchev–Trinajstić information content (AvgIpc) is 3.27. The first-order valence-electron chi connectivity index (χ1n) is 10.5. The molecule has 1 fully saturated rings. The number of hydrogen-bond donors (Lipinski definition) is 0. The largest absolute Gasteiger partial charge is 0.489 e. The molecule has 0 unspecified atom stereocenters. The monoisotopic (exact) mass is 456 g/mol. The number of hydrogen-bond acceptors (Lipinski definition) is 5. The number of amides is 1. The highest BCUT2D eigenvalue weighted by Crippen LogP contribution is 2.33. The number of aromatic nitrogens is 1. The van der Waals surface area contributed by atoms with E-state index in [9.17, 15) is 10.1 Å². The number of aliphatic imine (C=N–C) groups is 1. The lowest BCUT2D eigenvalue weighted by molar-refractivity contribution is -0.121. The Bertz CT molecular complexity index is 1310. The summed E-state index contributed by atoms with van der Waals surface area (Å²) in [5.74, 6) is 0.698. The number of carbonyl (C=O) groups excluding carboxylic acids is 1. The van der Waals surface area contributed by atoms with Gasteiger partial charge in [-0.2, -0.15) is 5.26 Å². The normalized spacial score (nSPS) is 16.0. The molecule has 4 rings (SSSR count). The van der Waals surface area contributed by atoms with Crippen LogP contribution < -0.4 is 4.74 Å². The van der Waals surface area contributed by atoms with E-state index in [1.54, 1.807) is 25.1 Å². The van der Waals surface area contributed by atoms with Crippen molar-refractivity contribution < 1.29 is 9.53 Å². The molecular weight excluding hydrogens is 432 g/mol. The molecule has 3 aromatic rings. The van der Waals surface area contributed by atoms with Crippen molar-refractivity contribution in [1.82, 2.24) is 9.47 Å². The van der Waals surface area contributed by atoms with Crippen LogP contribution in [0.4, 0.5) is 0 Å². The second kappa shape index (κ2) is 9.39. The number of carbonyl (C=O) groups is 1. The SMILES string of the molecule is CN=C1S/C(=C/c2cc(C)n(-c3ccc(OCc4ccccc4C#N)cc3)c2C)C(=O)N1C. The van der Waals surface area contributed by atoms with Crippen LogP contribution in [-0.2, 0) is 11.4 Å². The molecule has 166 valence electrons. The number of likely N-dealkylation sites (N-methyl/N-ethyl adjacent to an activating group) is 1. The minimum atomic E-state index is -0.0372. The Morgan fingerprint density at radius 2 is 1.88 bits per heavy atom. The zero-order valence-corrected chi connectivity index (χ0v) is 19.8. The standard InChI is InChI=1S/C26H24N4O2S/c1-17-13-21(14-24-25(31)29(4)26(28-3)33-24)18(2)30(17)22-9-11-23(12-10-22)32-16-20-8-6-5-7-19(20)15-27/h5-14H,16H2,1-4H3/b24-14+,28-26?. The molecule has 0 spiro atoms. The summed E-state index contributed by atoms with van der Waals surface area (Å²) in [7, 11) is 3.43. The van der Waals surface area contributed by atoms with E-state index in [-0.39, 0.29) is 5.91 Å². The van der Waals surface area contributed by atoms with Crippen LogP contribution in [0.2, 0.25) is 0 Å². The highest BCUT2D eigenvalue weighted by atomic mass is 32.2. The van der Waals surface area contributed by atoms with Gasteiger partial charge in [-0.05, 0) is 73.6 Å². The molecule has 1 amide bonds. The Kier molecular flexibility index (Phi) is 6.38. The zero-order chi connectivity index (χ0) is 23.5. The van der Waals surface area contributed by atoms with Crippen molar-refractivity contribution in [1.29, 1.82) is 5.26 Å². The highest BCUT2D eigenvalue weighted by molar-refractivity contribution is 8.18. The van der Waals surface area contributed by atoms with Crippen molar-refractivity contribution in [2.75, 3.05) is 14.1 Å². The van der Waals surface area contributed by atoms with Crippen LogP contribution in [0.25, 0.3) is 11.8 Å². The molecule has 7 heteroatoms. The number of rotatable bonds is 5. The van der Waals surface area contributed by atoms with Gasteiger partial charge in [0.1, 0.15) is 12.4 Å². The van der Waals surface area contributed by atoms with Gasteiger partial charge in [-0.1, -0.05) is 18.2 Å². The smallest absolute Gasteiger partial charge is 0.266 e. The molecular formula is C26H24N4O2S. The molecule has 2 aromatic carbocycles. The maximum absolute atomic E-state index is 12.5. The summed E-state index contributed by atoms with van der Waals surface area (Å²) in [5.41, 5.74) is 5.62. The lowest BCUT2D eigenvalue weighted by Gasteiger charge is -2.12. The van der Waals surface area contributed by atoms with Gasteiger partial charge in [0, 0.05) is 36.7 Å². The maximum atomic E-state index is 12.5. The quantitative estimate of drug-likeness (QED) is 0.502. The minimum absolute atomic E-state index is 0.0372. The lowest BCUT2D eigenvalue weighted by atomic mass is 10.1. The van der Waals surface area contributed by atoms with Gasteiger partial charge in [-0.3, -0.25) is 14.7 Å². The van der Waals surface area contributed by atoms with E-state index in [0.29, 0.717) is 22.2 Å². The third kappa shape index (κ3) is 4.43. The van der Waals surface area contributed by atoms with E-state index in [4.69, 9.17) is 4.74 Å². The van der Waals surface area contributed by atoms with Crippen LogP contribution in [0.3, 0.4) is 0 Å². The van der Waals surface area contributed by atoms with Gasteiger partial charge < -0.3 is 9.30 Å². The van der Waals surface area contributed by atoms with E-state index < -0.39 is 0 Å². The van der Waals surface area contributed by atoms with Gasteiger partial charge in [-0.15, -0.1) is 0 Å². The first-order chi connectivity index (χ1) is 15.9. The summed E-state index contributed by atoms with van der Waals surface area (Å²) in [6.45, 7) is 4.43. The molecule has 1 aliphatic heterocycles. The summed E-state index contributed by atoms with van der Waals surface area (Å²) in [6, 6.07) is 19.6. The summed E-state index contributed by atoms with van der Waals surface area (Å²) in [6.07, 6.45) is 1.94. The van der Waals surface area contributed by atoms with E-state index in [1.165, 1.54) is 11.8 Å². The Balaban J connectivity index is 1.54. The fourth-order valence-corrected chi connectivity index (χ4v) is 4.75. The van der Waals surface area contributed by atoms with Crippen LogP contribution >= 0.6 is 11.8 Å². The summed E-state index contributed by atoms with van der Waals surface area (Å²) < 4.78 is 8.05. The first-order valence-corrected chi connectivity index (χ1v) is 11.3. The number of nitrogens with zero attached hydrogens (tertiary/aromatic N) is 4. The molecule has 6 nitrogen and oxygen atoms in total. The molecule has 0 bridgehead atoms. The van der Waals surface area contributed by atoms with Gasteiger partial charge in [-0.25, -0.2) is 0 Å². The van der Waals surface area contributed by atoms with Crippen molar-refractivity contribution >= 4 is 28.9 Å². The van der Waals surface area contributed by atoms with E-state index in [0.717, 1.165) is 34.0 Å². The molecule has 0 N–H and O–H groups in total. The molecule has 0 radical (unpaired) electrons. The van der Waals surface area contributed by atoms with Gasteiger partial charge in [0.15, 0.2) is 5.17 Å². The molecule has 2 heterocycles. The Hall–Kier alpha value is -3.76. The molecule has 1 saturated heterocycles. The number of ether oxygens (including phenoxy) is 1. The summed E-state index contributed by atoms with van der Waals surface area (Å²) in [4.78, 5) is 18.9. The number of nitriles is 1. The number of benzene rings is 2. The molecule has 0 atom stereocenters. The Morgan fingerprint density at radius 1 is 1.15 bits per heavy atom. The van der Waals surface area contributed by atoms with E-state index >= 15 is 0 Å². The molecule has 0 aliphatic carbocycles. The van der Waals surface area contributed by atoms with Gasteiger partial charge in [0.2, 0.25) is 0 Å². The molecule has 1 aromatic heterocycles. The van der Waals surface area contributed by atoms with Gasteiger partial charge in [0.05, 0.1) is 16.5 Å². The predicted molar refractivity (Wildman–Crippen MR) is 132 cm³/mol. The van der Waals surface area contributed by atoms with Crippen molar-refractivity contribution in [2.24, 2.45) is 4.99 Å². The number of aryl methyl sites for hydroxylation is 1. The maximum Gasteiger partial charge on any atom is 0.266 e. The van der Waals surface area contributed by atoms with Crippen molar-refractivity contribution in [2.45, 2.75) is 20.5 Å². The lowest BCUT2D eigenvalue weighted by Crippen LogP contribution is -2.23. The third-order valence-electron chi connectivity index (χ3n) is 5.58. The third-order valence-corrected chi connectivity index (χ3v) is 6.73. The zero-order valence-electron chi connectivity index (χ0n) is 19.0. The van der Waals surface area contributed by atoms with Crippen LogP contribution in [0.15, 0.2) is 64.5 Å². The summed E-state index contributed by atoms with van der Waals surface area (Å²) in [5, 5.41) is 9.94. The van der Waals surface area contributed by atoms with Crippen LogP contribution in [0.5, 0.6) is 5.75 Å².